The number of carbonyl (C=O) groups excluding carboxylic acids is 2. The third-order valence-electron chi connectivity index (χ3n) is 6.16. The maximum atomic E-state index is 13.3. The van der Waals surface area contributed by atoms with Crippen molar-refractivity contribution in [1.29, 1.82) is 0 Å². The SMILES string of the molecule is COc1ccc(C)nc1COc1ccc2c(c1)CCN(C(=O)OC(C)(C)C(=O)OC(C)(C)C)[C@H]2C(C)C. The fourth-order valence-electron chi connectivity index (χ4n) is 4.41. The predicted molar refractivity (Wildman–Crippen MR) is 141 cm³/mol. The molecular weight excluding hydrogens is 472 g/mol. The van der Waals surface area contributed by atoms with Crippen LogP contribution in [0.25, 0.3) is 0 Å². The van der Waals surface area contributed by atoms with Crippen molar-refractivity contribution in [2.75, 3.05) is 13.7 Å². The molecule has 37 heavy (non-hydrogen) atoms. The summed E-state index contributed by atoms with van der Waals surface area (Å²) in [7, 11) is 1.62. The molecule has 0 unspecified atom stereocenters. The topological polar surface area (TPSA) is 87.2 Å². The molecule has 1 atom stereocenters. The number of benzene rings is 1. The molecule has 2 heterocycles. The largest absolute Gasteiger partial charge is 0.495 e. The lowest BCUT2D eigenvalue weighted by Crippen LogP contribution is -2.48. The second-order valence-electron chi connectivity index (χ2n) is 11.3. The van der Waals surface area contributed by atoms with Crippen LogP contribution in [0.2, 0.25) is 0 Å². The average Bonchev–Trinajstić information content (AvgIpc) is 2.80. The van der Waals surface area contributed by atoms with Gasteiger partial charge in [0.15, 0.2) is 0 Å². The fourth-order valence-corrected chi connectivity index (χ4v) is 4.41. The zero-order valence-corrected chi connectivity index (χ0v) is 23.5. The predicted octanol–water partition coefficient (Wildman–Crippen LogP) is 5.79. The molecule has 1 aromatic heterocycles. The molecule has 0 saturated carbocycles. The number of methoxy groups -OCH3 is 1. The van der Waals surface area contributed by atoms with Crippen LogP contribution in [0.15, 0.2) is 30.3 Å². The third kappa shape index (κ3) is 6.93. The van der Waals surface area contributed by atoms with E-state index < -0.39 is 23.3 Å². The Kier molecular flexibility index (Phi) is 8.40. The van der Waals surface area contributed by atoms with Gasteiger partial charge in [0, 0.05) is 12.2 Å². The molecule has 1 amide bonds. The number of fused-ring (bicyclic) bond motifs is 1. The average molecular weight is 513 g/mol. The lowest BCUT2D eigenvalue weighted by Gasteiger charge is -2.40. The molecule has 0 N–H and O–H groups in total. The molecule has 1 aliphatic rings. The number of esters is 1. The van der Waals surface area contributed by atoms with E-state index in [1.807, 2.05) is 37.3 Å². The van der Waals surface area contributed by atoms with E-state index in [-0.39, 0.29) is 18.6 Å². The highest BCUT2D eigenvalue weighted by Crippen LogP contribution is 2.38. The maximum absolute atomic E-state index is 13.3. The number of aryl methyl sites for hydroxylation is 1. The summed E-state index contributed by atoms with van der Waals surface area (Å²) in [5, 5.41) is 0. The van der Waals surface area contributed by atoms with E-state index >= 15 is 0 Å². The Hall–Kier alpha value is -3.29. The van der Waals surface area contributed by atoms with Crippen molar-refractivity contribution in [1.82, 2.24) is 9.88 Å². The first kappa shape index (κ1) is 28.3. The van der Waals surface area contributed by atoms with Crippen molar-refractivity contribution in [3.63, 3.8) is 0 Å². The van der Waals surface area contributed by atoms with Crippen LogP contribution in [0.3, 0.4) is 0 Å². The Labute approximate surface area is 220 Å². The first-order chi connectivity index (χ1) is 17.2. The fraction of sp³-hybridized carbons (Fsp3) is 0.552. The summed E-state index contributed by atoms with van der Waals surface area (Å²) in [4.78, 5) is 32.1. The summed E-state index contributed by atoms with van der Waals surface area (Å²) in [6, 6.07) is 9.54. The molecule has 202 valence electrons. The van der Waals surface area contributed by atoms with Gasteiger partial charge < -0.3 is 23.8 Å². The molecule has 1 aliphatic heterocycles. The zero-order chi connectivity index (χ0) is 27.5. The van der Waals surface area contributed by atoms with E-state index in [0.717, 1.165) is 28.3 Å². The van der Waals surface area contributed by atoms with Crippen LogP contribution in [0, 0.1) is 12.8 Å². The van der Waals surface area contributed by atoms with Crippen LogP contribution >= 0.6 is 0 Å². The summed E-state index contributed by atoms with van der Waals surface area (Å²) in [6.45, 7) is 15.3. The van der Waals surface area contributed by atoms with Gasteiger partial charge in [-0.2, -0.15) is 0 Å². The van der Waals surface area contributed by atoms with Gasteiger partial charge in [0.25, 0.3) is 0 Å². The second kappa shape index (κ2) is 11.0. The van der Waals surface area contributed by atoms with Crippen molar-refractivity contribution in [3.05, 3.63) is 52.8 Å². The van der Waals surface area contributed by atoms with Gasteiger partial charge in [-0.15, -0.1) is 0 Å². The van der Waals surface area contributed by atoms with Crippen LogP contribution < -0.4 is 9.47 Å². The van der Waals surface area contributed by atoms with Gasteiger partial charge in [-0.1, -0.05) is 19.9 Å². The molecule has 0 aliphatic carbocycles. The molecule has 0 fully saturated rings. The van der Waals surface area contributed by atoms with E-state index in [2.05, 4.69) is 18.8 Å². The smallest absolute Gasteiger partial charge is 0.411 e. The molecular formula is C29H40N2O6. The molecule has 3 rings (SSSR count). The molecule has 0 radical (unpaired) electrons. The van der Waals surface area contributed by atoms with Crippen molar-refractivity contribution >= 4 is 12.1 Å². The van der Waals surface area contributed by atoms with Gasteiger partial charge in [0.1, 0.15) is 29.4 Å². The number of hydrogen-bond acceptors (Lipinski definition) is 7. The number of pyridine rings is 1. The van der Waals surface area contributed by atoms with Crippen LogP contribution in [0.5, 0.6) is 11.5 Å². The minimum atomic E-state index is -1.41. The van der Waals surface area contributed by atoms with Crippen LogP contribution in [-0.4, -0.2) is 46.8 Å². The minimum absolute atomic E-state index is 0.128. The van der Waals surface area contributed by atoms with Gasteiger partial charge in [-0.25, -0.2) is 9.59 Å². The van der Waals surface area contributed by atoms with Crippen molar-refractivity contribution in [2.45, 2.75) is 85.7 Å². The lowest BCUT2D eigenvalue weighted by atomic mass is 9.86. The normalized spacial score (nSPS) is 15.7. The molecule has 0 saturated heterocycles. The van der Waals surface area contributed by atoms with Gasteiger partial charge in [-0.3, -0.25) is 4.98 Å². The molecule has 8 heteroatoms. The number of ether oxygens (including phenoxy) is 4. The number of rotatable bonds is 7. The molecule has 1 aromatic carbocycles. The Bertz CT molecular complexity index is 1140. The number of carbonyl (C=O) groups is 2. The highest BCUT2D eigenvalue weighted by molar-refractivity contribution is 5.82. The molecule has 0 spiro atoms. The highest BCUT2D eigenvalue weighted by atomic mass is 16.6. The number of nitrogens with zero attached hydrogens (tertiary/aromatic N) is 2. The van der Waals surface area contributed by atoms with Gasteiger partial charge >= 0.3 is 12.1 Å². The first-order valence-electron chi connectivity index (χ1n) is 12.7. The molecule has 0 bridgehead atoms. The van der Waals surface area contributed by atoms with Crippen molar-refractivity contribution < 1.29 is 28.5 Å². The zero-order valence-electron chi connectivity index (χ0n) is 23.5. The summed E-state index contributed by atoms with van der Waals surface area (Å²) < 4.78 is 22.6. The van der Waals surface area contributed by atoms with E-state index in [9.17, 15) is 9.59 Å². The standard InChI is InChI=1S/C29H40N2O6/c1-18(2)25-22-12-11-21(35-17-23-24(34-9)13-10-19(3)30-23)16-20(22)14-15-31(25)27(33)37-29(7,8)26(32)36-28(4,5)6/h10-13,16,18,25H,14-15,17H2,1-9H3/t25-/m0/s1. The van der Waals surface area contributed by atoms with Gasteiger partial charge in [0.05, 0.1) is 13.2 Å². The van der Waals surface area contributed by atoms with Crippen molar-refractivity contribution in [2.24, 2.45) is 5.92 Å². The number of hydrogen-bond donors (Lipinski definition) is 0. The van der Waals surface area contributed by atoms with Crippen LogP contribution in [-0.2, 0) is 27.3 Å². The van der Waals surface area contributed by atoms with Crippen LogP contribution in [0.1, 0.15) is 77.0 Å². The summed E-state index contributed by atoms with van der Waals surface area (Å²) in [5.41, 5.74) is 1.72. The van der Waals surface area contributed by atoms with E-state index in [4.69, 9.17) is 18.9 Å². The summed E-state index contributed by atoms with van der Waals surface area (Å²) >= 11 is 0. The molecule has 2 aromatic rings. The number of amides is 1. The lowest BCUT2D eigenvalue weighted by molar-refractivity contribution is -0.174. The second-order valence-corrected chi connectivity index (χ2v) is 11.3. The first-order valence-corrected chi connectivity index (χ1v) is 12.7. The van der Waals surface area contributed by atoms with E-state index in [0.29, 0.717) is 18.7 Å². The van der Waals surface area contributed by atoms with E-state index in [1.165, 1.54) is 0 Å². The van der Waals surface area contributed by atoms with Crippen LogP contribution in [0.4, 0.5) is 4.79 Å². The summed E-state index contributed by atoms with van der Waals surface area (Å²) in [6.07, 6.45) is 0.113. The molecule has 8 nitrogen and oxygen atoms in total. The third-order valence-corrected chi connectivity index (χ3v) is 6.16. The Morgan fingerprint density at radius 1 is 1.08 bits per heavy atom. The van der Waals surface area contributed by atoms with Gasteiger partial charge in [-0.05, 0) is 89.3 Å². The van der Waals surface area contributed by atoms with Crippen molar-refractivity contribution in [3.8, 4) is 11.5 Å². The summed E-state index contributed by atoms with van der Waals surface area (Å²) in [5.74, 6) is 0.970. The Morgan fingerprint density at radius 2 is 1.78 bits per heavy atom. The maximum Gasteiger partial charge on any atom is 0.411 e. The Balaban J connectivity index is 1.76. The monoisotopic (exact) mass is 512 g/mol. The minimum Gasteiger partial charge on any atom is -0.495 e. The van der Waals surface area contributed by atoms with Gasteiger partial charge in [0.2, 0.25) is 5.60 Å². The quantitative estimate of drug-likeness (QED) is 0.434. The highest BCUT2D eigenvalue weighted by Gasteiger charge is 2.41. The van der Waals surface area contributed by atoms with E-state index in [1.54, 1.807) is 46.6 Å². The number of aromatic nitrogens is 1. The Morgan fingerprint density at radius 3 is 2.41 bits per heavy atom.